The SMILES string of the molecule is Cn1cc(S(=O)(=O)Cl)c(=O)c2ccc(C(F)(F)F)cc21. The predicted molar refractivity (Wildman–Crippen MR) is 67.2 cm³/mol. The molecular formula is C11H7ClF3NO3S. The molecule has 0 saturated carbocycles. The van der Waals surface area contributed by atoms with Crippen LogP contribution in [0.2, 0.25) is 0 Å². The second kappa shape index (κ2) is 4.49. The van der Waals surface area contributed by atoms with Crippen LogP contribution in [0.25, 0.3) is 10.9 Å². The first kappa shape index (κ1) is 14.9. The number of alkyl halides is 3. The van der Waals surface area contributed by atoms with Gasteiger partial charge < -0.3 is 4.57 Å². The molecule has 0 atom stereocenters. The molecule has 1 heterocycles. The summed E-state index contributed by atoms with van der Waals surface area (Å²) in [5.41, 5.74) is -1.89. The monoisotopic (exact) mass is 325 g/mol. The third-order valence-electron chi connectivity index (χ3n) is 2.75. The number of fused-ring (bicyclic) bond motifs is 1. The van der Waals surface area contributed by atoms with Gasteiger partial charge in [0.25, 0.3) is 9.05 Å². The van der Waals surface area contributed by atoms with Gasteiger partial charge in [-0.25, -0.2) is 8.42 Å². The van der Waals surface area contributed by atoms with Crippen LogP contribution in [0.5, 0.6) is 0 Å². The van der Waals surface area contributed by atoms with Crippen LogP contribution in [0, 0.1) is 0 Å². The number of aromatic nitrogens is 1. The average Bonchev–Trinajstić information content (AvgIpc) is 2.30. The number of rotatable bonds is 1. The molecule has 1 aromatic heterocycles. The Morgan fingerprint density at radius 1 is 1.25 bits per heavy atom. The molecule has 0 radical (unpaired) electrons. The van der Waals surface area contributed by atoms with Crippen LogP contribution in [0.1, 0.15) is 5.56 Å². The summed E-state index contributed by atoms with van der Waals surface area (Å²) in [5, 5.41) is -0.151. The van der Waals surface area contributed by atoms with E-state index >= 15 is 0 Å². The molecule has 1 aromatic carbocycles. The van der Waals surface area contributed by atoms with Crippen LogP contribution in [0.3, 0.4) is 0 Å². The fourth-order valence-electron chi connectivity index (χ4n) is 1.80. The van der Waals surface area contributed by atoms with Crippen molar-refractivity contribution < 1.29 is 21.6 Å². The van der Waals surface area contributed by atoms with Crippen LogP contribution in [0.15, 0.2) is 34.1 Å². The summed E-state index contributed by atoms with van der Waals surface area (Å²) in [5.74, 6) is 0. The average molecular weight is 326 g/mol. The molecule has 0 aliphatic rings. The Labute approximate surface area is 115 Å². The summed E-state index contributed by atoms with van der Waals surface area (Å²) in [7, 11) is 2.18. The molecular weight excluding hydrogens is 319 g/mol. The Morgan fingerprint density at radius 3 is 2.35 bits per heavy atom. The van der Waals surface area contributed by atoms with Crippen LogP contribution < -0.4 is 5.43 Å². The lowest BCUT2D eigenvalue weighted by molar-refractivity contribution is -0.137. The summed E-state index contributed by atoms with van der Waals surface area (Å²) < 4.78 is 61.4. The summed E-state index contributed by atoms with van der Waals surface area (Å²) in [6.07, 6.45) is -3.66. The molecule has 0 amide bonds. The molecule has 0 aliphatic heterocycles. The maximum absolute atomic E-state index is 12.6. The van der Waals surface area contributed by atoms with E-state index in [1.807, 2.05) is 0 Å². The highest BCUT2D eigenvalue weighted by molar-refractivity contribution is 8.13. The van der Waals surface area contributed by atoms with Crippen molar-refractivity contribution in [3.63, 3.8) is 0 Å². The number of hydrogen-bond donors (Lipinski definition) is 0. The molecule has 2 rings (SSSR count). The highest BCUT2D eigenvalue weighted by atomic mass is 35.7. The van der Waals surface area contributed by atoms with Gasteiger partial charge in [-0.05, 0) is 18.2 Å². The van der Waals surface area contributed by atoms with E-state index in [2.05, 4.69) is 0 Å². The zero-order valence-corrected chi connectivity index (χ0v) is 11.5. The van der Waals surface area contributed by atoms with E-state index in [4.69, 9.17) is 10.7 Å². The van der Waals surface area contributed by atoms with Crippen molar-refractivity contribution in [3.05, 3.63) is 40.2 Å². The van der Waals surface area contributed by atoms with Crippen molar-refractivity contribution in [2.45, 2.75) is 11.1 Å². The van der Waals surface area contributed by atoms with Crippen molar-refractivity contribution in [1.82, 2.24) is 4.57 Å². The fraction of sp³-hybridized carbons (Fsp3) is 0.182. The third-order valence-corrected chi connectivity index (χ3v) is 4.06. The Morgan fingerprint density at radius 2 is 1.85 bits per heavy atom. The number of pyridine rings is 1. The number of nitrogens with zero attached hydrogens (tertiary/aromatic N) is 1. The highest BCUT2D eigenvalue weighted by Crippen LogP contribution is 2.31. The first-order chi connectivity index (χ1) is 9.01. The maximum atomic E-state index is 12.6. The van der Waals surface area contributed by atoms with Gasteiger partial charge in [-0.1, -0.05) is 0 Å². The Bertz CT molecular complexity index is 856. The van der Waals surface area contributed by atoms with Crippen LogP contribution in [0.4, 0.5) is 13.2 Å². The van der Waals surface area contributed by atoms with Gasteiger partial charge in [-0.2, -0.15) is 13.2 Å². The summed E-state index contributed by atoms with van der Waals surface area (Å²) in [6, 6.07) is 2.43. The van der Waals surface area contributed by atoms with Crippen molar-refractivity contribution >= 4 is 30.6 Å². The quantitative estimate of drug-likeness (QED) is 0.757. The molecule has 4 nitrogen and oxygen atoms in total. The van der Waals surface area contributed by atoms with E-state index in [0.717, 1.165) is 22.9 Å². The smallest absolute Gasteiger partial charge is 0.349 e. The minimum Gasteiger partial charge on any atom is -0.349 e. The molecule has 0 spiro atoms. The number of benzene rings is 1. The molecule has 2 aromatic rings. The van der Waals surface area contributed by atoms with E-state index in [-0.39, 0.29) is 10.9 Å². The van der Waals surface area contributed by atoms with Crippen LogP contribution in [-0.4, -0.2) is 13.0 Å². The lowest BCUT2D eigenvalue weighted by atomic mass is 10.1. The molecule has 0 bridgehead atoms. The van der Waals surface area contributed by atoms with E-state index in [1.54, 1.807) is 0 Å². The first-order valence-electron chi connectivity index (χ1n) is 5.17. The normalized spacial score (nSPS) is 12.8. The zero-order valence-electron chi connectivity index (χ0n) is 9.90. The van der Waals surface area contributed by atoms with E-state index < -0.39 is 31.1 Å². The number of aryl methyl sites for hydroxylation is 1. The Balaban J connectivity index is 2.90. The third kappa shape index (κ3) is 2.53. The largest absolute Gasteiger partial charge is 0.416 e. The van der Waals surface area contributed by atoms with Gasteiger partial charge in [0.1, 0.15) is 4.90 Å². The van der Waals surface area contributed by atoms with E-state index in [0.29, 0.717) is 6.07 Å². The van der Waals surface area contributed by atoms with Gasteiger partial charge in [-0.15, -0.1) is 0 Å². The van der Waals surface area contributed by atoms with E-state index in [9.17, 15) is 26.4 Å². The second-order valence-corrected chi connectivity index (χ2v) is 6.64. The molecule has 0 aliphatic carbocycles. The van der Waals surface area contributed by atoms with Gasteiger partial charge >= 0.3 is 6.18 Å². The van der Waals surface area contributed by atoms with E-state index in [1.165, 1.54) is 7.05 Å². The van der Waals surface area contributed by atoms with Gasteiger partial charge in [0.05, 0.1) is 11.1 Å². The van der Waals surface area contributed by atoms with Gasteiger partial charge in [0.15, 0.2) is 0 Å². The number of halogens is 4. The summed E-state index contributed by atoms with van der Waals surface area (Å²) in [4.78, 5) is 11.3. The molecule has 0 fully saturated rings. The highest BCUT2D eigenvalue weighted by Gasteiger charge is 2.31. The second-order valence-electron chi connectivity index (χ2n) is 4.10. The molecule has 0 N–H and O–H groups in total. The van der Waals surface area contributed by atoms with Crippen molar-refractivity contribution in [1.29, 1.82) is 0 Å². The summed E-state index contributed by atoms with van der Waals surface area (Å²) >= 11 is 0. The number of hydrogen-bond acceptors (Lipinski definition) is 3. The minimum atomic E-state index is -4.55. The van der Waals surface area contributed by atoms with Crippen molar-refractivity contribution in [2.24, 2.45) is 7.05 Å². The fourth-order valence-corrected chi connectivity index (χ4v) is 2.75. The van der Waals surface area contributed by atoms with Crippen molar-refractivity contribution in [2.75, 3.05) is 0 Å². The minimum absolute atomic E-state index is 0.0334. The van der Waals surface area contributed by atoms with Gasteiger partial charge in [0.2, 0.25) is 5.43 Å². The topological polar surface area (TPSA) is 56.1 Å². The molecule has 0 unspecified atom stereocenters. The van der Waals surface area contributed by atoms with Gasteiger partial charge in [0, 0.05) is 29.3 Å². The Hall–Kier alpha value is -1.54. The standard InChI is InChI=1S/C11H7ClF3NO3S/c1-16-5-9(20(12,18)19)10(17)7-3-2-6(4-8(7)16)11(13,14)15/h2-5H,1H3. The molecule has 20 heavy (non-hydrogen) atoms. The maximum Gasteiger partial charge on any atom is 0.416 e. The first-order valence-corrected chi connectivity index (χ1v) is 7.48. The molecule has 9 heteroatoms. The Kier molecular flexibility index (Phi) is 3.34. The molecule has 0 saturated heterocycles. The summed E-state index contributed by atoms with van der Waals surface area (Å²) in [6.45, 7) is 0. The van der Waals surface area contributed by atoms with Crippen molar-refractivity contribution in [3.8, 4) is 0 Å². The molecule has 108 valence electrons. The van der Waals surface area contributed by atoms with Gasteiger partial charge in [-0.3, -0.25) is 4.79 Å². The van der Waals surface area contributed by atoms with Crippen LogP contribution in [-0.2, 0) is 22.3 Å². The zero-order chi connectivity index (χ0) is 15.3. The lowest BCUT2D eigenvalue weighted by Gasteiger charge is -2.11. The lowest BCUT2D eigenvalue weighted by Crippen LogP contribution is -2.16. The van der Waals surface area contributed by atoms with Crippen LogP contribution >= 0.6 is 10.7 Å². The predicted octanol–water partition coefficient (Wildman–Crippen LogP) is 2.48.